The first-order valence-electron chi connectivity index (χ1n) is 5.09. The van der Waals surface area contributed by atoms with Crippen molar-refractivity contribution in [1.29, 1.82) is 0 Å². The first-order valence-corrected chi connectivity index (χ1v) is 5.09. The molecule has 0 atom stereocenters. The number of rotatable bonds is 1. The molecule has 0 fully saturated rings. The Bertz CT molecular complexity index is 673. The van der Waals surface area contributed by atoms with Crippen LogP contribution >= 0.6 is 0 Å². The fraction of sp³-hybridized carbons (Fsp3) is 0. The predicted molar refractivity (Wildman–Crippen MR) is 63.7 cm³/mol. The Balaban J connectivity index is 2.14. The lowest BCUT2D eigenvalue weighted by Gasteiger charge is -1.96. The van der Waals surface area contributed by atoms with Crippen molar-refractivity contribution in [3.8, 4) is 11.4 Å². The van der Waals surface area contributed by atoms with Crippen LogP contribution in [-0.4, -0.2) is 15.0 Å². The van der Waals surface area contributed by atoms with Crippen LogP contribution in [0, 0.1) is 5.82 Å². The minimum atomic E-state index is -0.384. The lowest BCUT2D eigenvalue weighted by atomic mass is 10.2. The summed E-state index contributed by atoms with van der Waals surface area (Å²) in [5.41, 5.74) is 8.26. The van der Waals surface area contributed by atoms with Gasteiger partial charge >= 0.3 is 0 Å². The average molecular weight is 228 g/mol. The number of hydrogen-bond donors (Lipinski definition) is 2. The van der Waals surface area contributed by atoms with Crippen molar-refractivity contribution >= 4 is 16.9 Å². The van der Waals surface area contributed by atoms with Crippen molar-refractivity contribution in [2.24, 2.45) is 0 Å². The Morgan fingerprint density at radius 1 is 1.18 bits per heavy atom. The van der Waals surface area contributed by atoms with E-state index in [0.717, 1.165) is 11.8 Å². The molecule has 1 aromatic carbocycles. The fourth-order valence-corrected chi connectivity index (χ4v) is 1.65. The average Bonchev–Trinajstić information content (AvgIpc) is 2.72. The number of aromatic nitrogens is 3. The summed E-state index contributed by atoms with van der Waals surface area (Å²) in [6.45, 7) is 0. The molecule has 0 aliphatic heterocycles. The number of benzene rings is 1. The second-order valence-corrected chi connectivity index (χ2v) is 3.73. The summed E-state index contributed by atoms with van der Waals surface area (Å²) >= 11 is 0. The number of nitrogens with one attached hydrogen (secondary N) is 1. The van der Waals surface area contributed by atoms with E-state index in [0.29, 0.717) is 22.7 Å². The molecular formula is C12H9FN4. The van der Waals surface area contributed by atoms with E-state index in [2.05, 4.69) is 15.0 Å². The molecule has 0 spiro atoms. The summed E-state index contributed by atoms with van der Waals surface area (Å²) in [6, 6.07) is 8.65. The second-order valence-electron chi connectivity index (χ2n) is 3.73. The van der Waals surface area contributed by atoms with Gasteiger partial charge in [0.1, 0.15) is 11.6 Å². The molecule has 2 heterocycles. The molecule has 0 radical (unpaired) electrons. The second kappa shape index (κ2) is 3.55. The van der Waals surface area contributed by atoms with Gasteiger partial charge in [0.05, 0.1) is 11.7 Å². The van der Waals surface area contributed by atoms with Crippen molar-refractivity contribution in [3.63, 3.8) is 0 Å². The molecule has 0 aliphatic carbocycles. The standard InChI is InChI=1S/C12H9FN4/c13-8-5-10-12(15-6-8)17-11(16-10)7-1-3-9(14)4-2-7/h1-6H,14H2,(H,15,16,17). The third-order valence-electron chi connectivity index (χ3n) is 2.49. The number of H-pyrrole nitrogens is 1. The minimum Gasteiger partial charge on any atom is -0.399 e. The number of nitrogens with zero attached hydrogens (tertiary/aromatic N) is 2. The number of imidazole rings is 1. The summed E-state index contributed by atoms with van der Waals surface area (Å²) in [4.78, 5) is 11.2. The lowest BCUT2D eigenvalue weighted by molar-refractivity contribution is 0.624. The number of hydrogen-bond acceptors (Lipinski definition) is 3. The highest BCUT2D eigenvalue weighted by atomic mass is 19.1. The van der Waals surface area contributed by atoms with Crippen LogP contribution in [0.2, 0.25) is 0 Å². The molecule has 17 heavy (non-hydrogen) atoms. The zero-order valence-electron chi connectivity index (χ0n) is 8.81. The monoisotopic (exact) mass is 228 g/mol. The third kappa shape index (κ3) is 1.71. The van der Waals surface area contributed by atoms with Gasteiger partial charge in [0.15, 0.2) is 5.65 Å². The first-order chi connectivity index (χ1) is 8.22. The predicted octanol–water partition coefficient (Wildman–Crippen LogP) is 2.35. The number of nitrogen functional groups attached to an aromatic ring is 1. The van der Waals surface area contributed by atoms with Crippen molar-refractivity contribution < 1.29 is 4.39 Å². The highest BCUT2D eigenvalue weighted by Gasteiger charge is 2.06. The maximum Gasteiger partial charge on any atom is 0.178 e. The van der Waals surface area contributed by atoms with Crippen molar-refractivity contribution in [2.45, 2.75) is 0 Å². The van der Waals surface area contributed by atoms with Gasteiger partial charge in [0.25, 0.3) is 0 Å². The van der Waals surface area contributed by atoms with E-state index in [1.165, 1.54) is 6.07 Å². The smallest absolute Gasteiger partial charge is 0.178 e. The van der Waals surface area contributed by atoms with E-state index in [1.807, 2.05) is 12.1 Å². The van der Waals surface area contributed by atoms with Gasteiger partial charge < -0.3 is 10.7 Å². The number of nitrogens with two attached hydrogens (primary N) is 1. The van der Waals surface area contributed by atoms with E-state index >= 15 is 0 Å². The van der Waals surface area contributed by atoms with Crippen molar-refractivity contribution in [3.05, 3.63) is 42.3 Å². The summed E-state index contributed by atoms with van der Waals surface area (Å²) in [7, 11) is 0. The molecular weight excluding hydrogens is 219 g/mol. The highest BCUT2D eigenvalue weighted by Crippen LogP contribution is 2.20. The number of fused-ring (bicyclic) bond motifs is 1. The van der Waals surface area contributed by atoms with Crippen molar-refractivity contribution in [2.75, 3.05) is 5.73 Å². The van der Waals surface area contributed by atoms with E-state index in [-0.39, 0.29) is 5.82 Å². The Morgan fingerprint density at radius 3 is 2.71 bits per heavy atom. The normalized spacial score (nSPS) is 10.9. The van der Waals surface area contributed by atoms with Gasteiger partial charge in [-0.05, 0) is 24.3 Å². The van der Waals surface area contributed by atoms with Crippen LogP contribution < -0.4 is 5.73 Å². The topological polar surface area (TPSA) is 67.6 Å². The van der Waals surface area contributed by atoms with Gasteiger partial charge in [-0.15, -0.1) is 0 Å². The maximum absolute atomic E-state index is 13.0. The number of anilines is 1. The third-order valence-corrected chi connectivity index (χ3v) is 2.49. The van der Waals surface area contributed by atoms with Crippen LogP contribution in [0.3, 0.4) is 0 Å². The van der Waals surface area contributed by atoms with E-state index in [4.69, 9.17) is 5.73 Å². The van der Waals surface area contributed by atoms with E-state index in [9.17, 15) is 4.39 Å². The van der Waals surface area contributed by atoms with Crippen LogP contribution in [0.1, 0.15) is 0 Å². The molecule has 0 saturated carbocycles. The molecule has 3 aromatic rings. The number of aromatic amines is 1. The fourth-order valence-electron chi connectivity index (χ4n) is 1.65. The molecule has 0 amide bonds. The molecule has 3 rings (SSSR count). The van der Waals surface area contributed by atoms with Crippen LogP contribution in [0.5, 0.6) is 0 Å². The largest absolute Gasteiger partial charge is 0.399 e. The zero-order chi connectivity index (χ0) is 11.8. The molecule has 3 N–H and O–H groups in total. The summed E-state index contributed by atoms with van der Waals surface area (Å²) < 4.78 is 13.0. The van der Waals surface area contributed by atoms with Gasteiger partial charge in [-0.1, -0.05) is 0 Å². The first kappa shape index (κ1) is 9.77. The van der Waals surface area contributed by atoms with Crippen molar-refractivity contribution in [1.82, 2.24) is 15.0 Å². The van der Waals surface area contributed by atoms with Crippen LogP contribution in [0.25, 0.3) is 22.6 Å². The molecule has 0 saturated heterocycles. The molecule has 0 unspecified atom stereocenters. The lowest BCUT2D eigenvalue weighted by Crippen LogP contribution is -1.84. The number of pyridine rings is 1. The Hall–Kier alpha value is -2.43. The van der Waals surface area contributed by atoms with Gasteiger partial charge in [-0.2, -0.15) is 0 Å². The summed E-state index contributed by atoms with van der Waals surface area (Å²) in [5.74, 6) is 0.267. The van der Waals surface area contributed by atoms with Crippen LogP contribution in [-0.2, 0) is 0 Å². The molecule has 0 bridgehead atoms. The van der Waals surface area contributed by atoms with E-state index in [1.54, 1.807) is 12.1 Å². The van der Waals surface area contributed by atoms with Gasteiger partial charge in [0.2, 0.25) is 0 Å². The Kier molecular flexibility index (Phi) is 2.04. The van der Waals surface area contributed by atoms with Crippen LogP contribution in [0.4, 0.5) is 10.1 Å². The zero-order valence-corrected chi connectivity index (χ0v) is 8.81. The van der Waals surface area contributed by atoms with Gasteiger partial charge in [-0.3, -0.25) is 0 Å². The Morgan fingerprint density at radius 2 is 1.94 bits per heavy atom. The Labute approximate surface area is 96.3 Å². The quantitative estimate of drug-likeness (QED) is 0.628. The molecule has 4 nitrogen and oxygen atoms in total. The SMILES string of the molecule is Nc1ccc(-c2nc3ncc(F)cc3[nH]2)cc1. The van der Waals surface area contributed by atoms with Gasteiger partial charge in [-0.25, -0.2) is 14.4 Å². The summed E-state index contributed by atoms with van der Waals surface area (Å²) in [6.07, 6.45) is 1.15. The maximum atomic E-state index is 13.0. The van der Waals surface area contributed by atoms with Gasteiger partial charge in [0, 0.05) is 17.3 Å². The van der Waals surface area contributed by atoms with Crippen LogP contribution in [0.15, 0.2) is 36.5 Å². The molecule has 5 heteroatoms. The number of halogens is 1. The molecule has 84 valence electrons. The highest BCUT2D eigenvalue weighted by molar-refractivity contribution is 5.75. The van der Waals surface area contributed by atoms with E-state index < -0.39 is 0 Å². The minimum absolute atomic E-state index is 0.384. The molecule has 0 aliphatic rings. The summed E-state index contributed by atoms with van der Waals surface area (Å²) in [5, 5.41) is 0. The molecule has 2 aromatic heterocycles.